The summed E-state index contributed by atoms with van der Waals surface area (Å²) in [4.78, 5) is 9.24. The normalized spacial score (nSPS) is 13.1. The predicted molar refractivity (Wildman–Crippen MR) is 193 cm³/mol. The van der Waals surface area contributed by atoms with Gasteiger partial charge in [0.2, 0.25) is 0 Å². The Morgan fingerprint density at radius 3 is 2.04 bits per heavy atom. The molecule has 0 amide bonds. The van der Waals surface area contributed by atoms with Crippen molar-refractivity contribution in [2.75, 3.05) is 16.5 Å². The summed E-state index contributed by atoms with van der Waals surface area (Å²) in [6.07, 6.45) is 7.77. The van der Waals surface area contributed by atoms with E-state index < -0.39 is 0 Å². The number of anilines is 4. The fraction of sp³-hybridized carbons (Fsp3) is 0.220. The first-order valence-electron chi connectivity index (χ1n) is 16.2. The minimum Gasteiger partial charge on any atom is -0.457 e. The van der Waals surface area contributed by atoms with E-state index in [0.717, 1.165) is 45.4 Å². The quantitative estimate of drug-likeness (QED) is 0.186. The molecule has 47 heavy (non-hydrogen) atoms. The molecule has 0 atom stereocenters. The van der Waals surface area contributed by atoms with E-state index in [2.05, 4.69) is 110 Å². The first kappa shape index (κ1) is 30.3. The monoisotopic (exact) mass is 619 g/mol. The Morgan fingerprint density at radius 2 is 1.32 bits per heavy atom. The molecule has 3 heterocycles. The summed E-state index contributed by atoms with van der Waals surface area (Å²) in [7, 11) is 0. The van der Waals surface area contributed by atoms with Crippen molar-refractivity contribution < 1.29 is 4.74 Å². The molecule has 0 N–H and O–H groups in total. The minimum atomic E-state index is -0.0290. The third-order valence-corrected chi connectivity index (χ3v) is 8.74. The SMILES string of the molecule is CC(C)(C)c1ccc(N2CN(c3cccc(Oc4cccc(-n5cc(-c6ccccc6)cn5)c4)c3)c3cnccc32)c(C(C)(C)C)c1. The maximum Gasteiger partial charge on any atom is 0.129 e. The zero-order valence-corrected chi connectivity index (χ0v) is 28.0. The van der Waals surface area contributed by atoms with Gasteiger partial charge in [-0.15, -0.1) is 0 Å². The molecule has 6 aromatic rings. The molecule has 4 aromatic carbocycles. The second-order valence-electron chi connectivity index (χ2n) is 14.2. The van der Waals surface area contributed by atoms with Gasteiger partial charge in [-0.05, 0) is 63.9 Å². The summed E-state index contributed by atoms with van der Waals surface area (Å²) in [6.45, 7) is 14.4. The van der Waals surface area contributed by atoms with Crippen LogP contribution in [0.4, 0.5) is 22.7 Å². The van der Waals surface area contributed by atoms with Crippen LogP contribution in [0.1, 0.15) is 52.7 Å². The minimum absolute atomic E-state index is 0.0290. The Labute approximate surface area is 277 Å². The van der Waals surface area contributed by atoms with Gasteiger partial charge in [-0.1, -0.05) is 96.1 Å². The second-order valence-corrected chi connectivity index (χ2v) is 14.2. The fourth-order valence-corrected chi connectivity index (χ4v) is 6.16. The van der Waals surface area contributed by atoms with Crippen molar-refractivity contribution >= 4 is 22.7 Å². The summed E-state index contributed by atoms with van der Waals surface area (Å²) < 4.78 is 8.33. The van der Waals surface area contributed by atoms with Crippen LogP contribution in [-0.2, 0) is 10.8 Å². The average molecular weight is 620 g/mol. The van der Waals surface area contributed by atoms with Crippen LogP contribution < -0.4 is 14.5 Å². The van der Waals surface area contributed by atoms with Gasteiger partial charge in [0.1, 0.15) is 18.2 Å². The van der Waals surface area contributed by atoms with Crippen molar-refractivity contribution in [3.05, 3.63) is 139 Å². The van der Waals surface area contributed by atoms with Gasteiger partial charge in [0.05, 0.1) is 29.5 Å². The molecule has 6 heteroatoms. The topological polar surface area (TPSA) is 46.4 Å². The molecule has 0 bridgehead atoms. The second kappa shape index (κ2) is 11.8. The zero-order chi connectivity index (χ0) is 32.8. The van der Waals surface area contributed by atoms with Gasteiger partial charge in [0.15, 0.2) is 0 Å². The van der Waals surface area contributed by atoms with Crippen LogP contribution >= 0.6 is 0 Å². The molecular formula is C41H41N5O. The third-order valence-electron chi connectivity index (χ3n) is 8.74. The lowest BCUT2D eigenvalue weighted by molar-refractivity contribution is 0.482. The van der Waals surface area contributed by atoms with Gasteiger partial charge in [0.25, 0.3) is 0 Å². The van der Waals surface area contributed by atoms with Crippen molar-refractivity contribution in [1.29, 1.82) is 0 Å². The van der Waals surface area contributed by atoms with Crippen LogP contribution in [-0.4, -0.2) is 21.4 Å². The predicted octanol–water partition coefficient (Wildman–Crippen LogP) is 10.6. The number of ether oxygens (including phenoxy) is 1. The van der Waals surface area contributed by atoms with Crippen LogP contribution in [0.3, 0.4) is 0 Å². The molecule has 2 aromatic heterocycles. The van der Waals surface area contributed by atoms with E-state index >= 15 is 0 Å². The lowest BCUT2D eigenvalue weighted by Gasteiger charge is -2.31. The van der Waals surface area contributed by atoms with E-state index in [1.54, 1.807) is 0 Å². The van der Waals surface area contributed by atoms with E-state index in [0.29, 0.717) is 6.67 Å². The Hall–Kier alpha value is -5.36. The highest BCUT2D eigenvalue weighted by atomic mass is 16.5. The molecular weight excluding hydrogens is 578 g/mol. The molecule has 1 aliphatic heterocycles. The molecule has 0 unspecified atom stereocenters. The Kier molecular flexibility index (Phi) is 7.59. The molecule has 1 aliphatic rings. The lowest BCUT2D eigenvalue weighted by Crippen LogP contribution is -2.27. The number of hydrogen-bond acceptors (Lipinski definition) is 5. The van der Waals surface area contributed by atoms with Crippen molar-refractivity contribution in [3.63, 3.8) is 0 Å². The van der Waals surface area contributed by atoms with Gasteiger partial charge >= 0.3 is 0 Å². The largest absolute Gasteiger partial charge is 0.457 e. The third kappa shape index (κ3) is 6.11. The maximum atomic E-state index is 6.44. The van der Waals surface area contributed by atoms with E-state index in [9.17, 15) is 0 Å². The van der Waals surface area contributed by atoms with Crippen molar-refractivity contribution in [2.24, 2.45) is 0 Å². The lowest BCUT2D eigenvalue weighted by atomic mass is 9.79. The van der Waals surface area contributed by atoms with Crippen LogP contribution in [0.2, 0.25) is 0 Å². The van der Waals surface area contributed by atoms with E-state index in [-0.39, 0.29) is 10.8 Å². The summed E-state index contributed by atoms with van der Waals surface area (Å²) in [5.41, 5.74) is 10.3. The molecule has 7 rings (SSSR count). The number of pyridine rings is 1. The summed E-state index contributed by atoms with van der Waals surface area (Å²) in [6, 6.07) is 35.7. The molecule has 0 fully saturated rings. The van der Waals surface area contributed by atoms with Gasteiger partial charge in [-0.25, -0.2) is 4.68 Å². The van der Waals surface area contributed by atoms with E-state index in [4.69, 9.17) is 4.74 Å². The number of aromatic nitrogens is 3. The van der Waals surface area contributed by atoms with Crippen molar-refractivity contribution in [3.8, 4) is 28.3 Å². The standard InChI is InChI=1S/C41H41N5O/c1-40(2,3)31-18-19-37(36(22-31)41(4,5)6)45-28-44(39-26-42-21-20-38(39)45)32-14-10-16-34(23-32)47-35-17-11-15-33(24-35)46-27-30(25-43-46)29-12-8-7-9-13-29/h7-27H,28H2,1-6H3. The molecule has 0 aliphatic carbocycles. The van der Waals surface area contributed by atoms with Crippen LogP contribution in [0, 0.1) is 0 Å². The van der Waals surface area contributed by atoms with Crippen LogP contribution in [0.25, 0.3) is 16.8 Å². The molecule has 0 saturated heterocycles. The maximum absolute atomic E-state index is 6.44. The van der Waals surface area contributed by atoms with E-state index in [1.807, 2.05) is 84.1 Å². The Morgan fingerprint density at radius 1 is 0.596 bits per heavy atom. The average Bonchev–Trinajstić information content (AvgIpc) is 3.71. The Balaban J connectivity index is 1.17. The smallest absolute Gasteiger partial charge is 0.129 e. The van der Waals surface area contributed by atoms with Gasteiger partial charge in [-0.2, -0.15) is 5.10 Å². The molecule has 6 nitrogen and oxygen atoms in total. The number of rotatable bonds is 6. The number of fused-ring (bicyclic) bond motifs is 1. The van der Waals surface area contributed by atoms with Gasteiger partial charge < -0.3 is 14.5 Å². The molecule has 0 radical (unpaired) electrons. The number of benzene rings is 4. The highest BCUT2D eigenvalue weighted by molar-refractivity contribution is 5.87. The zero-order valence-electron chi connectivity index (χ0n) is 28.0. The van der Waals surface area contributed by atoms with Crippen molar-refractivity contribution in [2.45, 2.75) is 52.4 Å². The molecule has 236 valence electrons. The first-order valence-corrected chi connectivity index (χ1v) is 16.2. The van der Waals surface area contributed by atoms with Gasteiger partial charge in [0, 0.05) is 41.5 Å². The fourth-order valence-electron chi connectivity index (χ4n) is 6.16. The van der Waals surface area contributed by atoms with Crippen LogP contribution in [0.5, 0.6) is 11.5 Å². The summed E-state index contributed by atoms with van der Waals surface area (Å²) in [5.74, 6) is 1.51. The van der Waals surface area contributed by atoms with Crippen molar-refractivity contribution in [1.82, 2.24) is 14.8 Å². The number of hydrogen-bond donors (Lipinski definition) is 0. The highest BCUT2D eigenvalue weighted by Gasteiger charge is 2.32. The molecule has 0 spiro atoms. The first-order chi connectivity index (χ1) is 22.5. The van der Waals surface area contributed by atoms with E-state index in [1.165, 1.54) is 16.8 Å². The summed E-state index contributed by atoms with van der Waals surface area (Å²) >= 11 is 0. The summed E-state index contributed by atoms with van der Waals surface area (Å²) in [5, 5.41) is 4.61. The molecule has 0 saturated carbocycles. The van der Waals surface area contributed by atoms with Gasteiger partial charge in [-0.3, -0.25) is 4.98 Å². The highest BCUT2D eigenvalue weighted by Crippen LogP contribution is 2.47. The number of nitrogens with zero attached hydrogens (tertiary/aromatic N) is 5. The Bertz CT molecular complexity index is 2030. The van der Waals surface area contributed by atoms with Crippen LogP contribution in [0.15, 0.2) is 128 Å².